The minimum Gasteiger partial charge on any atom is -0.364 e. The minimum absolute atomic E-state index is 0.0220. The van der Waals surface area contributed by atoms with E-state index < -0.39 is 11.8 Å². The monoisotopic (exact) mass is 173 g/mol. The third-order valence-corrected chi connectivity index (χ3v) is 2.88. The average Bonchev–Trinajstić information content (AvgIpc) is 2.06. The smallest absolute Gasteiger partial charge is 0.180 e. The Balaban J connectivity index is 2.53. The number of hydrogen-bond acceptors (Lipinski definition) is 3. The fourth-order valence-electron chi connectivity index (χ4n) is 1.90. The van der Waals surface area contributed by atoms with Gasteiger partial charge in [0.05, 0.1) is 6.04 Å². The number of nitrogens with two attached hydrogens (primary N) is 1. The van der Waals surface area contributed by atoms with E-state index in [2.05, 4.69) is 0 Å². The van der Waals surface area contributed by atoms with Crippen molar-refractivity contribution in [3.63, 3.8) is 0 Å². The molecule has 4 N–H and O–H groups in total. The fraction of sp³-hybridized carbons (Fsp3) is 1.00. The van der Waals surface area contributed by atoms with Gasteiger partial charge < -0.3 is 15.9 Å². The van der Waals surface area contributed by atoms with Crippen LogP contribution >= 0.6 is 0 Å². The lowest BCUT2D eigenvalue weighted by atomic mass is 9.81. The highest BCUT2D eigenvalue weighted by Crippen LogP contribution is 2.32. The van der Waals surface area contributed by atoms with E-state index in [1.54, 1.807) is 6.92 Å². The third-order valence-electron chi connectivity index (χ3n) is 2.88. The molecule has 3 heteroatoms. The van der Waals surface area contributed by atoms with Gasteiger partial charge in [-0.15, -0.1) is 0 Å². The summed E-state index contributed by atoms with van der Waals surface area (Å²) in [6.45, 7) is 1.65. The molecule has 0 amide bonds. The Hall–Kier alpha value is -0.120. The molecule has 0 heterocycles. The standard InChI is InChI=1S/C9H19NO2/c1-7(10)9(11,12)8-5-3-2-4-6-8/h7-8,11-12H,2-6,10H2,1H3. The molecule has 0 aromatic rings. The van der Waals surface area contributed by atoms with E-state index in [-0.39, 0.29) is 5.92 Å². The molecule has 3 nitrogen and oxygen atoms in total. The van der Waals surface area contributed by atoms with Crippen LogP contribution in [-0.4, -0.2) is 22.0 Å². The Morgan fingerprint density at radius 2 is 1.75 bits per heavy atom. The first-order valence-electron chi connectivity index (χ1n) is 4.75. The molecule has 0 aromatic carbocycles. The average molecular weight is 173 g/mol. The van der Waals surface area contributed by atoms with Gasteiger partial charge in [0.25, 0.3) is 0 Å². The molecule has 72 valence electrons. The molecule has 0 radical (unpaired) electrons. The Bertz CT molecular complexity index is 139. The summed E-state index contributed by atoms with van der Waals surface area (Å²) in [7, 11) is 0. The van der Waals surface area contributed by atoms with E-state index >= 15 is 0 Å². The Labute approximate surface area is 73.6 Å². The van der Waals surface area contributed by atoms with E-state index in [1.807, 2.05) is 0 Å². The maximum atomic E-state index is 9.65. The van der Waals surface area contributed by atoms with Crippen molar-refractivity contribution in [3.05, 3.63) is 0 Å². The summed E-state index contributed by atoms with van der Waals surface area (Å²) >= 11 is 0. The number of hydrogen-bond donors (Lipinski definition) is 3. The maximum absolute atomic E-state index is 9.65. The summed E-state index contributed by atoms with van der Waals surface area (Å²) in [5, 5.41) is 19.3. The van der Waals surface area contributed by atoms with Gasteiger partial charge >= 0.3 is 0 Å². The summed E-state index contributed by atoms with van der Waals surface area (Å²) in [5.41, 5.74) is 5.50. The van der Waals surface area contributed by atoms with Crippen LogP contribution in [0.4, 0.5) is 0 Å². The Morgan fingerprint density at radius 1 is 1.25 bits per heavy atom. The van der Waals surface area contributed by atoms with Crippen molar-refractivity contribution >= 4 is 0 Å². The molecule has 0 aromatic heterocycles. The van der Waals surface area contributed by atoms with Gasteiger partial charge in [0.15, 0.2) is 5.79 Å². The zero-order valence-electron chi connectivity index (χ0n) is 7.66. The van der Waals surface area contributed by atoms with Crippen molar-refractivity contribution in [2.45, 2.75) is 50.9 Å². The number of aliphatic hydroxyl groups is 2. The molecule has 1 atom stereocenters. The van der Waals surface area contributed by atoms with Gasteiger partial charge in [0, 0.05) is 5.92 Å². The van der Waals surface area contributed by atoms with E-state index in [9.17, 15) is 10.2 Å². The summed E-state index contributed by atoms with van der Waals surface area (Å²) in [6, 6.07) is -0.555. The van der Waals surface area contributed by atoms with E-state index in [0.29, 0.717) is 0 Å². The highest BCUT2D eigenvalue weighted by molar-refractivity contribution is 4.84. The van der Waals surface area contributed by atoms with Crippen molar-refractivity contribution in [1.29, 1.82) is 0 Å². The quantitative estimate of drug-likeness (QED) is 0.535. The lowest BCUT2D eigenvalue weighted by Gasteiger charge is -2.36. The normalized spacial score (nSPS) is 24.0. The first-order chi connectivity index (χ1) is 5.55. The van der Waals surface area contributed by atoms with E-state index in [1.165, 1.54) is 6.42 Å². The summed E-state index contributed by atoms with van der Waals surface area (Å²) < 4.78 is 0. The predicted molar refractivity (Wildman–Crippen MR) is 47.4 cm³/mol. The van der Waals surface area contributed by atoms with Crippen molar-refractivity contribution < 1.29 is 10.2 Å². The molecule has 1 saturated carbocycles. The second kappa shape index (κ2) is 3.73. The fourth-order valence-corrected chi connectivity index (χ4v) is 1.90. The van der Waals surface area contributed by atoms with Crippen LogP contribution in [0.2, 0.25) is 0 Å². The van der Waals surface area contributed by atoms with Crippen LogP contribution in [0.5, 0.6) is 0 Å². The molecule has 0 spiro atoms. The van der Waals surface area contributed by atoms with E-state index in [4.69, 9.17) is 5.73 Å². The van der Waals surface area contributed by atoms with Crippen molar-refractivity contribution in [2.75, 3.05) is 0 Å². The highest BCUT2D eigenvalue weighted by atomic mass is 16.5. The molecule has 1 unspecified atom stereocenters. The van der Waals surface area contributed by atoms with Crippen molar-refractivity contribution in [1.82, 2.24) is 0 Å². The molecule has 1 aliphatic rings. The molecule has 0 aliphatic heterocycles. The van der Waals surface area contributed by atoms with Gasteiger partial charge in [0.1, 0.15) is 0 Å². The Kier molecular flexibility index (Phi) is 3.09. The zero-order valence-corrected chi connectivity index (χ0v) is 7.66. The van der Waals surface area contributed by atoms with Gasteiger partial charge in [-0.25, -0.2) is 0 Å². The van der Waals surface area contributed by atoms with Crippen LogP contribution in [0.3, 0.4) is 0 Å². The maximum Gasteiger partial charge on any atom is 0.180 e. The molecule has 1 rings (SSSR count). The predicted octanol–water partition coefficient (Wildman–Crippen LogP) is 0.595. The summed E-state index contributed by atoms with van der Waals surface area (Å²) in [4.78, 5) is 0. The van der Waals surface area contributed by atoms with Crippen molar-refractivity contribution in [2.24, 2.45) is 11.7 Å². The van der Waals surface area contributed by atoms with Gasteiger partial charge in [-0.1, -0.05) is 19.3 Å². The van der Waals surface area contributed by atoms with Gasteiger partial charge in [-0.2, -0.15) is 0 Å². The largest absolute Gasteiger partial charge is 0.364 e. The van der Waals surface area contributed by atoms with Crippen LogP contribution in [0.1, 0.15) is 39.0 Å². The van der Waals surface area contributed by atoms with Gasteiger partial charge in [-0.05, 0) is 19.8 Å². The molecule has 1 aliphatic carbocycles. The molecule has 1 fully saturated rings. The first-order valence-corrected chi connectivity index (χ1v) is 4.75. The van der Waals surface area contributed by atoms with Crippen LogP contribution in [0.25, 0.3) is 0 Å². The SMILES string of the molecule is CC(N)C(O)(O)C1CCCCC1. The third kappa shape index (κ3) is 1.97. The molecule has 0 bridgehead atoms. The lowest BCUT2D eigenvalue weighted by molar-refractivity contribution is -0.217. The highest BCUT2D eigenvalue weighted by Gasteiger charge is 2.38. The topological polar surface area (TPSA) is 66.5 Å². The van der Waals surface area contributed by atoms with Crippen LogP contribution in [0.15, 0.2) is 0 Å². The minimum atomic E-state index is -1.65. The lowest BCUT2D eigenvalue weighted by Crippen LogP contribution is -2.52. The summed E-state index contributed by atoms with van der Waals surface area (Å²) in [6.07, 6.45) is 5.20. The van der Waals surface area contributed by atoms with Crippen LogP contribution in [-0.2, 0) is 0 Å². The summed E-state index contributed by atoms with van der Waals surface area (Å²) in [5.74, 6) is -1.67. The second-order valence-electron chi connectivity index (χ2n) is 3.91. The molecule has 12 heavy (non-hydrogen) atoms. The van der Waals surface area contributed by atoms with Crippen LogP contribution < -0.4 is 5.73 Å². The van der Waals surface area contributed by atoms with Crippen molar-refractivity contribution in [3.8, 4) is 0 Å². The van der Waals surface area contributed by atoms with Gasteiger partial charge in [0.2, 0.25) is 0 Å². The first kappa shape index (κ1) is 9.96. The molecular formula is C9H19NO2. The van der Waals surface area contributed by atoms with E-state index in [0.717, 1.165) is 25.7 Å². The molecular weight excluding hydrogens is 154 g/mol. The second-order valence-corrected chi connectivity index (χ2v) is 3.91. The van der Waals surface area contributed by atoms with Gasteiger partial charge in [-0.3, -0.25) is 0 Å². The Morgan fingerprint density at radius 3 is 2.17 bits per heavy atom. The zero-order chi connectivity index (χ0) is 9.19. The van der Waals surface area contributed by atoms with Crippen LogP contribution in [0, 0.1) is 5.92 Å². The molecule has 0 saturated heterocycles. The number of rotatable bonds is 2.